The number of rotatable bonds is 4. The summed E-state index contributed by atoms with van der Waals surface area (Å²) in [6.07, 6.45) is 5.10. The second-order valence-electron chi connectivity index (χ2n) is 5.11. The lowest BCUT2D eigenvalue weighted by Gasteiger charge is -2.41. The van der Waals surface area contributed by atoms with Gasteiger partial charge in [-0.2, -0.15) is 5.10 Å². The largest absolute Gasteiger partial charge is 0.373 e. The Hall–Kier alpha value is -0.580. The second kappa shape index (κ2) is 5.59. The van der Waals surface area contributed by atoms with Crippen LogP contribution in [0.15, 0.2) is 6.20 Å². The fourth-order valence-electron chi connectivity index (χ4n) is 2.73. The van der Waals surface area contributed by atoms with Crippen LogP contribution < -0.4 is 5.32 Å². The molecule has 0 aromatic carbocycles. The van der Waals surface area contributed by atoms with Crippen LogP contribution in [0.3, 0.4) is 0 Å². The predicted octanol–water partition coefficient (Wildman–Crippen LogP) is 2.68. The third kappa shape index (κ3) is 2.56. The van der Waals surface area contributed by atoms with E-state index in [9.17, 15) is 0 Å². The van der Waals surface area contributed by atoms with Crippen molar-refractivity contribution in [1.82, 2.24) is 15.1 Å². The number of hydrogen-bond donors (Lipinski definition) is 1. The van der Waals surface area contributed by atoms with Gasteiger partial charge in [0.2, 0.25) is 0 Å². The Morgan fingerprint density at radius 2 is 2.39 bits per heavy atom. The van der Waals surface area contributed by atoms with E-state index in [0.717, 1.165) is 31.7 Å². The van der Waals surface area contributed by atoms with Crippen LogP contribution in [-0.4, -0.2) is 28.5 Å². The van der Waals surface area contributed by atoms with Crippen molar-refractivity contribution in [2.75, 3.05) is 13.2 Å². The van der Waals surface area contributed by atoms with Crippen molar-refractivity contribution >= 4 is 11.6 Å². The Morgan fingerprint density at radius 1 is 1.61 bits per heavy atom. The van der Waals surface area contributed by atoms with E-state index in [1.165, 1.54) is 6.42 Å². The molecule has 1 fully saturated rings. The first-order valence-corrected chi connectivity index (χ1v) is 7.01. The summed E-state index contributed by atoms with van der Waals surface area (Å²) in [7, 11) is 1.93. The molecule has 0 amide bonds. The number of ether oxygens (including phenoxy) is 1. The van der Waals surface area contributed by atoms with E-state index in [1.54, 1.807) is 6.20 Å². The van der Waals surface area contributed by atoms with Crippen molar-refractivity contribution in [3.63, 3.8) is 0 Å². The molecule has 0 bridgehead atoms. The summed E-state index contributed by atoms with van der Waals surface area (Å²) in [5.74, 6) is 0. The van der Waals surface area contributed by atoms with Crippen LogP contribution in [-0.2, 0) is 11.8 Å². The predicted molar refractivity (Wildman–Crippen MR) is 72.8 cm³/mol. The third-order valence-corrected chi connectivity index (χ3v) is 4.02. The van der Waals surface area contributed by atoms with Gasteiger partial charge in [0.05, 0.1) is 28.6 Å². The Bertz CT molecular complexity index is 379. The Morgan fingerprint density at radius 3 is 2.89 bits per heavy atom. The van der Waals surface area contributed by atoms with E-state index < -0.39 is 0 Å². The fraction of sp³-hybridized carbons (Fsp3) is 0.769. The molecule has 5 heteroatoms. The zero-order valence-corrected chi connectivity index (χ0v) is 12.1. The van der Waals surface area contributed by atoms with Crippen LogP contribution in [0.1, 0.15) is 44.8 Å². The molecule has 2 heterocycles. The molecule has 4 nitrogen and oxygen atoms in total. The summed E-state index contributed by atoms with van der Waals surface area (Å²) in [6.45, 7) is 5.98. The Kier molecular flexibility index (Phi) is 4.30. The number of halogens is 1. The zero-order chi connectivity index (χ0) is 13.2. The molecule has 0 aliphatic carbocycles. The first-order valence-electron chi connectivity index (χ1n) is 6.63. The second-order valence-corrected chi connectivity index (χ2v) is 5.52. The molecule has 2 unspecified atom stereocenters. The lowest BCUT2D eigenvalue weighted by molar-refractivity contribution is -0.0909. The molecule has 0 saturated carbocycles. The van der Waals surface area contributed by atoms with E-state index in [2.05, 4.69) is 24.3 Å². The number of aryl methyl sites for hydroxylation is 1. The number of hydrogen-bond acceptors (Lipinski definition) is 3. The van der Waals surface area contributed by atoms with E-state index in [0.29, 0.717) is 5.02 Å². The third-order valence-electron chi connectivity index (χ3n) is 3.73. The van der Waals surface area contributed by atoms with Gasteiger partial charge in [-0.3, -0.25) is 4.68 Å². The smallest absolute Gasteiger partial charge is 0.0864 e. The van der Waals surface area contributed by atoms with Crippen molar-refractivity contribution in [2.24, 2.45) is 7.05 Å². The van der Waals surface area contributed by atoms with Gasteiger partial charge in [0, 0.05) is 13.7 Å². The van der Waals surface area contributed by atoms with Crippen molar-refractivity contribution in [2.45, 2.75) is 44.8 Å². The molecule has 102 valence electrons. The summed E-state index contributed by atoms with van der Waals surface area (Å²) in [6, 6.07) is 0.0859. The highest BCUT2D eigenvalue weighted by Crippen LogP contribution is 2.38. The van der Waals surface area contributed by atoms with Gasteiger partial charge < -0.3 is 10.1 Å². The number of nitrogens with one attached hydrogen (secondary N) is 1. The van der Waals surface area contributed by atoms with Crippen molar-refractivity contribution < 1.29 is 4.74 Å². The van der Waals surface area contributed by atoms with Gasteiger partial charge in [0.25, 0.3) is 0 Å². The van der Waals surface area contributed by atoms with Gasteiger partial charge in [-0.05, 0) is 32.7 Å². The molecule has 1 aliphatic rings. The van der Waals surface area contributed by atoms with E-state index in [4.69, 9.17) is 16.3 Å². The highest BCUT2D eigenvalue weighted by molar-refractivity contribution is 6.31. The maximum absolute atomic E-state index is 6.28. The molecule has 0 spiro atoms. The fourth-order valence-corrected chi connectivity index (χ4v) is 3.01. The molecular weight excluding hydrogens is 250 g/mol. The van der Waals surface area contributed by atoms with Gasteiger partial charge in [0.1, 0.15) is 0 Å². The van der Waals surface area contributed by atoms with E-state index in [1.807, 2.05) is 11.7 Å². The van der Waals surface area contributed by atoms with Gasteiger partial charge >= 0.3 is 0 Å². The molecule has 1 aliphatic heterocycles. The number of likely N-dealkylation sites (N-methyl/N-ethyl adjacent to an activating group) is 1. The minimum atomic E-state index is -0.203. The molecule has 1 aromatic rings. The number of aromatic nitrogens is 2. The lowest BCUT2D eigenvalue weighted by Crippen LogP contribution is -2.46. The molecule has 1 aromatic heterocycles. The molecule has 1 saturated heterocycles. The van der Waals surface area contributed by atoms with Crippen LogP contribution in [0.25, 0.3) is 0 Å². The molecule has 2 atom stereocenters. The zero-order valence-electron chi connectivity index (χ0n) is 11.4. The Balaban J connectivity index is 2.33. The molecule has 0 radical (unpaired) electrons. The van der Waals surface area contributed by atoms with Crippen LogP contribution in [0.5, 0.6) is 0 Å². The molecular formula is C13H22ClN3O. The topological polar surface area (TPSA) is 39.1 Å². The minimum absolute atomic E-state index is 0.0859. The van der Waals surface area contributed by atoms with Crippen LogP contribution >= 0.6 is 11.6 Å². The van der Waals surface area contributed by atoms with Crippen LogP contribution in [0.2, 0.25) is 5.02 Å². The van der Waals surface area contributed by atoms with Gasteiger partial charge in [0.15, 0.2) is 0 Å². The van der Waals surface area contributed by atoms with Gasteiger partial charge in [-0.15, -0.1) is 0 Å². The SMILES string of the molecule is CCNC(c1c(Cl)cnn1C)C1(C)CCCCO1. The highest BCUT2D eigenvalue weighted by Gasteiger charge is 2.39. The van der Waals surface area contributed by atoms with Crippen molar-refractivity contribution in [3.05, 3.63) is 16.9 Å². The summed E-state index contributed by atoms with van der Waals surface area (Å²) in [5, 5.41) is 8.45. The summed E-state index contributed by atoms with van der Waals surface area (Å²) in [4.78, 5) is 0. The Labute approximate surface area is 114 Å². The summed E-state index contributed by atoms with van der Waals surface area (Å²) in [5.41, 5.74) is 0.814. The highest BCUT2D eigenvalue weighted by atomic mass is 35.5. The maximum atomic E-state index is 6.28. The monoisotopic (exact) mass is 271 g/mol. The molecule has 2 rings (SSSR count). The standard InChI is InChI=1S/C13H22ClN3O/c1-4-15-12(11-10(14)9-16-17(11)3)13(2)7-5-6-8-18-13/h9,12,15H,4-8H2,1-3H3. The van der Waals surface area contributed by atoms with Crippen molar-refractivity contribution in [3.8, 4) is 0 Å². The average molecular weight is 272 g/mol. The first-order chi connectivity index (χ1) is 8.58. The molecule has 18 heavy (non-hydrogen) atoms. The van der Waals surface area contributed by atoms with E-state index >= 15 is 0 Å². The van der Waals surface area contributed by atoms with Crippen LogP contribution in [0, 0.1) is 0 Å². The van der Waals surface area contributed by atoms with E-state index in [-0.39, 0.29) is 11.6 Å². The molecule has 1 N–H and O–H groups in total. The average Bonchev–Trinajstić information content (AvgIpc) is 2.67. The van der Waals surface area contributed by atoms with Crippen LogP contribution in [0.4, 0.5) is 0 Å². The number of nitrogens with zero attached hydrogens (tertiary/aromatic N) is 2. The van der Waals surface area contributed by atoms with Gasteiger partial charge in [-0.25, -0.2) is 0 Å². The van der Waals surface area contributed by atoms with Crippen molar-refractivity contribution in [1.29, 1.82) is 0 Å². The summed E-state index contributed by atoms with van der Waals surface area (Å²) < 4.78 is 7.90. The minimum Gasteiger partial charge on any atom is -0.373 e. The van der Waals surface area contributed by atoms with Gasteiger partial charge in [-0.1, -0.05) is 18.5 Å². The maximum Gasteiger partial charge on any atom is 0.0864 e. The lowest BCUT2D eigenvalue weighted by atomic mass is 9.86. The normalized spacial score (nSPS) is 26.2. The quantitative estimate of drug-likeness (QED) is 0.915. The first kappa shape index (κ1) is 13.8. The summed E-state index contributed by atoms with van der Waals surface area (Å²) >= 11 is 6.28.